The molecule has 0 aliphatic heterocycles. The number of unbranched alkanes of at least 4 members (excludes halogenated alkanes) is 16. The third-order valence-corrected chi connectivity index (χ3v) is 8.43. The summed E-state index contributed by atoms with van der Waals surface area (Å²) in [6.07, 6.45) is 30.9. The molecule has 10 nitrogen and oxygen atoms in total. The van der Waals surface area contributed by atoms with Gasteiger partial charge in [0, 0.05) is 13.0 Å². The Labute approximate surface area is 279 Å². The van der Waals surface area contributed by atoms with E-state index in [2.05, 4.69) is 42.7 Å². The summed E-state index contributed by atoms with van der Waals surface area (Å²) in [7, 11) is -4.60. The summed E-state index contributed by atoms with van der Waals surface area (Å²) in [6, 6.07) is -1.47. The number of carbonyl (C=O) groups excluding carboxylic acids is 1. The first-order chi connectivity index (χ1) is 22.2. The standard InChI is InChI=1S/C35H66NO9P/c1-3-5-7-9-11-13-15-16-17-18-19-21-23-25-27-34(37)45-32(30-43-46(40,41)44-31-33(36)35(38)39)29-42-28-26-24-22-20-14-12-10-8-6-4-2/h9,11,15-16,32-33H,3-8,10,12-14,17-31,36H2,1-2H3,(H,38,39)(H,40,41)/b11-9-,16-15-. The number of carboxylic acid groups (broad SMARTS) is 1. The van der Waals surface area contributed by atoms with Crippen LogP contribution < -0.4 is 5.73 Å². The van der Waals surface area contributed by atoms with Crippen molar-refractivity contribution in [3.8, 4) is 0 Å². The van der Waals surface area contributed by atoms with Gasteiger partial charge in [-0.3, -0.25) is 18.6 Å². The van der Waals surface area contributed by atoms with E-state index in [4.69, 9.17) is 24.8 Å². The Hall–Kier alpha value is -1.55. The van der Waals surface area contributed by atoms with Crippen molar-refractivity contribution in [2.75, 3.05) is 26.4 Å². The van der Waals surface area contributed by atoms with E-state index in [0.29, 0.717) is 13.0 Å². The highest BCUT2D eigenvalue weighted by molar-refractivity contribution is 7.47. The third kappa shape index (κ3) is 31.1. The van der Waals surface area contributed by atoms with E-state index in [-0.39, 0.29) is 13.0 Å². The van der Waals surface area contributed by atoms with Crippen molar-refractivity contribution < 1.29 is 42.7 Å². The van der Waals surface area contributed by atoms with Gasteiger partial charge in [-0.05, 0) is 38.5 Å². The van der Waals surface area contributed by atoms with Gasteiger partial charge in [-0.1, -0.05) is 128 Å². The highest BCUT2D eigenvalue weighted by atomic mass is 31.2. The molecule has 3 unspecified atom stereocenters. The number of carbonyl (C=O) groups is 2. The van der Waals surface area contributed by atoms with Gasteiger partial charge in [-0.25, -0.2) is 4.57 Å². The van der Waals surface area contributed by atoms with Crippen LogP contribution in [0.3, 0.4) is 0 Å². The molecule has 46 heavy (non-hydrogen) atoms. The fourth-order valence-corrected chi connectivity index (χ4v) is 5.40. The summed E-state index contributed by atoms with van der Waals surface area (Å²) in [6.45, 7) is 3.79. The molecule has 0 rings (SSSR count). The smallest absolute Gasteiger partial charge is 0.472 e. The first-order valence-electron chi connectivity index (χ1n) is 17.9. The second-order valence-corrected chi connectivity index (χ2v) is 13.5. The van der Waals surface area contributed by atoms with E-state index in [9.17, 15) is 19.0 Å². The van der Waals surface area contributed by atoms with Gasteiger partial charge in [0.25, 0.3) is 0 Å². The molecule has 270 valence electrons. The topological polar surface area (TPSA) is 155 Å². The number of hydrogen-bond acceptors (Lipinski definition) is 8. The summed E-state index contributed by atoms with van der Waals surface area (Å²) in [4.78, 5) is 33.3. The van der Waals surface area contributed by atoms with Crippen molar-refractivity contribution in [1.82, 2.24) is 0 Å². The molecule has 0 amide bonds. The van der Waals surface area contributed by atoms with Crippen LogP contribution in [-0.2, 0) is 32.7 Å². The summed E-state index contributed by atoms with van der Waals surface area (Å²) in [5, 5.41) is 8.84. The maximum atomic E-state index is 12.5. The number of phosphoric ester groups is 1. The van der Waals surface area contributed by atoms with Gasteiger partial charge >= 0.3 is 19.8 Å². The zero-order chi connectivity index (χ0) is 34.1. The van der Waals surface area contributed by atoms with Gasteiger partial charge in [0.05, 0.1) is 19.8 Å². The van der Waals surface area contributed by atoms with Crippen LogP contribution in [0.15, 0.2) is 24.3 Å². The number of nitrogens with two attached hydrogens (primary N) is 1. The highest BCUT2D eigenvalue weighted by Gasteiger charge is 2.27. The zero-order valence-electron chi connectivity index (χ0n) is 28.9. The molecule has 4 N–H and O–H groups in total. The highest BCUT2D eigenvalue weighted by Crippen LogP contribution is 2.43. The monoisotopic (exact) mass is 675 g/mol. The lowest BCUT2D eigenvalue weighted by Crippen LogP contribution is -2.34. The van der Waals surface area contributed by atoms with E-state index < -0.39 is 45.1 Å². The van der Waals surface area contributed by atoms with Crippen LogP contribution in [0, 0.1) is 0 Å². The molecule has 0 aliphatic rings. The van der Waals surface area contributed by atoms with E-state index in [1.807, 2.05) is 0 Å². The van der Waals surface area contributed by atoms with Crippen LogP contribution in [0.4, 0.5) is 0 Å². The predicted molar refractivity (Wildman–Crippen MR) is 185 cm³/mol. The molecule has 0 aromatic carbocycles. The molecule has 0 aromatic rings. The summed E-state index contributed by atoms with van der Waals surface area (Å²) < 4.78 is 33.1. The first kappa shape index (κ1) is 44.5. The van der Waals surface area contributed by atoms with Crippen molar-refractivity contribution in [1.29, 1.82) is 0 Å². The van der Waals surface area contributed by atoms with Crippen molar-refractivity contribution in [2.24, 2.45) is 5.73 Å². The average Bonchev–Trinajstić information content (AvgIpc) is 3.03. The number of hydrogen-bond donors (Lipinski definition) is 3. The normalized spacial score (nSPS) is 14.5. The number of aliphatic carboxylic acids is 1. The first-order valence-corrected chi connectivity index (χ1v) is 19.4. The Morgan fingerprint density at radius 3 is 1.83 bits per heavy atom. The minimum atomic E-state index is -4.60. The Morgan fingerprint density at radius 1 is 0.696 bits per heavy atom. The molecular formula is C35H66NO9P. The van der Waals surface area contributed by atoms with Crippen LogP contribution in [0.2, 0.25) is 0 Å². The Morgan fingerprint density at radius 2 is 1.22 bits per heavy atom. The zero-order valence-corrected chi connectivity index (χ0v) is 29.8. The van der Waals surface area contributed by atoms with E-state index in [1.165, 1.54) is 57.8 Å². The lowest BCUT2D eigenvalue weighted by atomic mass is 10.1. The van der Waals surface area contributed by atoms with E-state index in [1.54, 1.807) is 0 Å². The summed E-state index contributed by atoms with van der Waals surface area (Å²) >= 11 is 0. The molecule has 0 aliphatic carbocycles. The van der Waals surface area contributed by atoms with Crippen LogP contribution in [0.1, 0.15) is 149 Å². The number of carboxylic acids is 1. The van der Waals surface area contributed by atoms with E-state index in [0.717, 1.165) is 64.2 Å². The quantitative estimate of drug-likeness (QED) is 0.0261. The molecule has 3 atom stereocenters. The minimum absolute atomic E-state index is 0.0137. The Balaban J connectivity index is 4.36. The lowest BCUT2D eigenvalue weighted by Gasteiger charge is -2.20. The number of allylic oxidation sites excluding steroid dienone is 4. The summed E-state index contributed by atoms with van der Waals surface area (Å²) in [5.41, 5.74) is 5.32. The molecule has 0 bridgehead atoms. The number of phosphoric acid groups is 1. The maximum absolute atomic E-state index is 12.5. The fourth-order valence-electron chi connectivity index (χ4n) is 4.62. The van der Waals surface area contributed by atoms with Crippen molar-refractivity contribution in [3.05, 3.63) is 24.3 Å². The van der Waals surface area contributed by atoms with Gasteiger partial charge < -0.3 is 25.2 Å². The van der Waals surface area contributed by atoms with Gasteiger partial charge in [-0.15, -0.1) is 0 Å². The Kier molecular flexibility index (Phi) is 30.9. The van der Waals surface area contributed by atoms with Gasteiger partial charge in [0.15, 0.2) is 0 Å². The fraction of sp³-hybridized carbons (Fsp3) is 0.829. The van der Waals surface area contributed by atoms with Crippen LogP contribution in [0.5, 0.6) is 0 Å². The lowest BCUT2D eigenvalue weighted by molar-refractivity contribution is -0.154. The molecule has 0 radical (unpaired) electrons. The Bertz CT molecular complexity index is 837. The van der Waals surface area contributed by atoms with Crippen LogP contribution >= 0.6 is 7.82 Å². The predicted octanol–water partition coefficient (Wildman–Crippen LogP) is 8.80. The minimum Gasteiger partial charge on any atom is -0.480 e. The molecule has 11 heteroatoms. The van der Waals surface area contributed by atoms with Gasteiger partial charge in [0.2, 0.25) is 0 Å². The molecule has 0 aromatic heterocycles. The molecule has 0 heterocycles. The van der Waals surface area contributed by atoms with Crippen LogP contribution in [0.25, 0.3) is 0 Å². The SMILES string of the molecule is CCCC/C=C\C/C=C\CCCCCCCC(=O)OC(COCCCCCCCCCCCC)COP(=O)(O)OCC(N)C(=O)O. The molecular weight excluding hydrogens is 609 g/mol. The third-order valence-electron chi connectivity index (χ3n) is 7.48. The number of ether oxygens (including phenoxy) is 2. The second-order valence-electron chi connectivity index (χ2n) is 12.0. The maximum Gasteiger partial charge on any atom is 0.472 e. The van der Waals surface area contributed by atoms with Crippen molar-refractivity contribution >= 4 is 19.8 Å². The molecule has 0 saturated carbocycles. The van der Waals surface area contributed by atoms with Gasteiger partial charge in [-0.2, -0.15) is 0 Å². The molecule has 0 fully saturated rings. The number of rotatable bonds is 34. The molecule has 0 spiro atoms. The van der Waals surface area contributed by atoms with Crippen molar-refractivity contribution in [2.45, 2.75) is 161 Å². The average molecular weight is 676 g/mol. The van der Waals surface area contributed by atoms with Gasteiger partial charge in [0.1, 0.15) is 12.1 Å². The molecule has 0 saturated heterocycles. The second kappa shape index (κ2) is 32.0. The van der Waals surface area contributed by atoms with E-state index >= 15 is 0 Å². The largest absolute Gasteiger partial charge is 0.480 e. The summed E-state index contributed by atoms with van der Waals surface area (Å²) in [5.74, 6) is -1.79. The van der Waals surface area contributed by atoms with Crippen molar-refractivity contribution in [3.63, 3.8) is 0 Å². The number of esters is 1. The van der Waals surface area contributed by atoms with Crippen LogP contribution in [-0.4, -0.2) is 60.5 Å².